The highest BCUT2D eigenvalue weighted by Crippen LogP contribution is 2.18. The lowest BCUT2D eigenvalue weighted by Gasteiger charge is -2.10. The van der Waals surface area contributed by atoms with E-state index < -0.39 is 11.5 Å². The van der Waals surface area contributed by atoms with Crippen molar-refractivity contribution in [3.05, 3.63) is 105 Å². The normalized spacial score (nSPS) is 10.9. The Kier molecular flexibility index (Phi) is 5.34. The van der Waals surface area contributed by atoms with Crippen LogP contribution >= 0.6 is 0 Å². The molecule has 7 heteroatoms. The van der Waals surface area contributed by atoms with Gasteiger partial charge in [0.1, 0.15) is 11.4 Å². The highest BCUT2D eigenvalue weighted by molar-refractivity contribution is 5.99. The van der Waals surface area contributed by atoms with Gasteiger partial charge < -0.3 is 10.3 Å². The van der Waals surface area contributed by atoms with Crippen LogP contribution in [0.15, 0.2) is 65.7 Å². The third-order valence-corrected chi connectivity index (χ3v) is 4.85. The maximum Gasteiger partial charge on any atom is 0.261 e. The third kappa shape index (κ3) is 4.10. The van der Waals surface area contributed by atoms with Crippen LogP contribution in [0.4, 0.5) is 4.39 Å². The minimum Gasteiger partial charge on any atom is -0.346 e. The summed E-state index contributed by atoms with van der Waals surface area (Å²) in [6.45, 7) is 1.93. The zero-order chi connectivity index (χ0) is 21.1. The maximum absolute atomic E-state index is 13.1. The molecular weight excluding hydrogens is 383 g/mol. The van der Waals surface area contributed by atoms with Gasteiger partial charge in [0.15, 0.2) is 0 Å². The van der Waals surface area contributed by atoms with Gasteiger partial charge in [-0.25, -0.2) is 4.39 Å². The predicted molar refractivity (Wildman–Crippen MR) is 112 cm³/mol. The molecular formula is C23H19FN4O2. The molecule has 0 saturated heterocycles. The summed E-state index contributed by atoms with van der Waals surface area (Å²) < 4.78 is 13.1. The maximum atomic E-state index is 13.1. The summed E-state index contributed by atoms with van der Waals surface area (Å²) in [5.41, 5.74) is 3.69. The number of carbonyl (C=O) groups is 1. The van der Waals surface area contributed by atoms with Gasteiger partial charge in [0, 0.05) is 12.4 Å². The summed E-state index contributed by atoms with van der Waals surface area (Å²) >= 11 is 0. The van der Waals surface area contributed by atoms with E-state index >= 15 is 0 Å². The zero-order valence-electron chi connectivity index (χ0n) is 16.3. The largest absolute Gasteiger partial charge is 0.346 e. The van der Waals surface area contributed by atoms with E-state index in [1.807, 2.05) is 12.1 Å². The summed E-state index contributed by atoms with van der Waals surface area (Å²) in [5.74, 6) is -0.761. The van der Waals surface area contributed by atoms with Crippen molar-refractivity contribution in [1.29, 1.82) is 0 Å². The molecule has 0 fully saturated rings. The van der Waals surface area contributed by atoms with Crippen LogP contribution in [0.5, 0.6) is 0 Å². The van der Waals surface area contributed by atoms with Gasteiger partial charge in [0.05, 0.1) is 23.3 Å². The Bertz CT molecular complexity index is 1270. The van der Waals surface area contributed by atoms with Gasteiger partial charge in [-0.05, 0) is 60.4 Å². The van der Waals surface area contributed by atoms with E-state index in [4.69, 9.17) is 0 Å². The van der Waals surface area contributed by atoms with Crippen LogP contribution in [0.2, 0.25) is 0 Å². The number of nitrogens with zero attached hydrogens (tertiary/aromatic N) is 2. The number of aryl methyl sites for hydroxylation is 1. The van der Waals surface area contributed by atoms with E-state index in [9.17, 15) is 14.0 Å². The van der Waals surface area contributed by atoms with Crippen LogP contribution in [-0.4, -0.2) is 20.9 Å². The summed E-state index contributed by atoms with van der Waals surface area (Å²) in [6.07, 6.45) is 3.90. The molecule has 3 aromatic heterocycles. The number of pyridine rings is 3. The van der Waals surface area contributed by atoms with E-state index in [0.717, 1.165) is 11.1 Å². The highest BCUT2D eigenvalue weighted by atomic mass is 19.1. The first-order valence-corrected chi connectivity index (χ1v) is 9.45. The number of aromatic nitrogens is 3. The van der Waals surface area contributed by atoms with Gasteiger partial charge in [-0.3, -0.25) is 19.6 Å². The van der Waals surface area contributed by atoms with Crippen molar-refractivity contribution in [2.45, 2.75) is 19.9 Å². The SMILES string of the molecule is Cc1c(C(=O)NCc2ccccn2)c(=O)[nH]c2cc(Cc3ccc(F)cc3)cnc12. The molecule has 4 rings (SSSR count). The molecule has 150 valence electrons. The minimum atomic E-state index is -0.474. The van der Waals surface area contributed by atoms with Gasteiger partial charge in [-0.15, -0.1) is 0 Å². The van der Waals surface area contributed by atoms with Crippen molar-refractivity contribution < 1.29 is 9.18 Å². The van der Waals surface area contributed by atoms with E-state index in [1.54, 1.807) is 43.6 Å². The van der Waals surface area contributed by atoms with Crippen LogP contribution in [-0.2, 0) is 13.0 Å². The smallest absolute Gasteiger partial charge is 0.261 e. The molecule has 0 aliphatic heterocycles. The third-order valence-electron chi connectivity index (χ3n) is 4.85. The van der Waals surface area contributed by atoms with Crippen molar-refractivity contribution in [2.24, 2.45) is 0 Å². The van der Waals surface area contributed by atoms with Crippen LogP contribution in [0.3, 0.4) is 0 Å². The fourth-order valence-electron chi connectivity index (χ4n) is 3.35. The van der Waals surface area contributed by atoms with Gasteiger partial charge in [-0.1, -0.05) is 18.2 Å². The average molecular weight is 402 g/mol. The lowest BCUT2D eigenvalue weighted by molar-refractivity contribution is 0.0948. The van der Waals surface area contributed by atoms with Crippen molar-refractivity contribution in [1.82, 2.24) is 20.3 Å². The number of nitrogens with one attached hydrogen (secondary N) is 2. The molecule has 0 radical (unpaired) electrons. The number of aromatic amines is 1. The summed E-state index contributed by atoms with van der Waals surface area (Å²) in [4.78, 5) is 36.6. The van der Waals surface area contributed by atoms with Crippen LogP contribution in [0.1, 0.15) is 32.7 Å². The Morgan fingerprint density at radius 3 is 2.63 bits per heavy atom. The van der Waals surface area contributed by atoms with E-state index in [2.05, 4.69) is 20.3 Å². The molecule has 4 aromatic rings. The number of hydrogen-bond acceptors (Lipinski definition) is 4. The Morgan fingerprint density at radius 1 is 1.10 bits per heavy atom. The molecule has 2 N–H and O–H groups in total. The van der Waals surface area contributed by atoms with E-state index in [-0.39, 0.29) is 17.9 Å². The minimum absolute atomic E-state index is 0.0391. The molecule has 0 aliphatic rings. The molecule has 0 aliphatic carbocycles. The van der Waals surface area contributed by atoms with Crippen LogP contribution < -0.4 is 10.9 Å². The average Bonchev–Trinajstić information content (AvgIpc) is 2.74. The Hall–Kier alpha value is -3.87. The van der Waals surface area contributed by atoms with Crippen LogP contribution in [0, 0.1) is 12.7 Å². The monoisotopic (exact) mass is 402 g/mol. The fraction of sp³-hybridized carbons (Fsp3) is 0.130. The number of amides is 1. The molecule has 0 bridgehead atoms. The number of H-pyrrole nitrogens is 1. The summed E-state index contributed by atoms with van der Waals surface area (Å²) in [5, 5.41) is 2.73. The van der Waals surface area contributed by atoms with Crippen molar-refractivity contribution in [2.75, 3.05) is 0 Å². The lowest BCUT2D eigenvalue weighted by atomic mass is 10.0. The van der Waals surface area contributed by atoms with E-state index in [0.29, 0.717) is 28.7 Å². The van der Waals surface area contributed by atoms with Gasteiger partial charge in [-0.2, -0.15) is 0 Å². The topological polar surface area (TPSA) is 87.7 Å². The number of hydrogen-bond donors (Lipinski definition) is 2. The van der Waals surface area contributed by atoms with Crippen molar-refractivity contribution in [3.63, 3.8) is 0 Å². The zero-order valence-corrected chi connectivity index (χ0v) is 16.3. The quantitative estimate of drug-likeness (QED) is 0.536. The first-order valence-electron chi connectivity index (χ1n) is 9.45. The Labute approximate surface area is 171 Å². The molecule has 0 atom stereocenters. The number of benzene rings is 1. The molecule has 1 amide bonds. The van der Waals surface area contributed by atoms with E-state index in [1.165, 1.54) is 12.1 Å². The van der Waals surface area contributed by atoms with Crippen molar-refractivity contribution >= 4 is 16.9 Å². The Balaban J connectivity index is 1.60. The molecule has 6 nitrogen and oxygen atoms in total. The molecule has 0 unspecified atom stereocenters. The molecule has 30 heavy (non-hydrogen) atoms. The molecule has 0 spiro atoms. The predicted octanol–water partition coefficient (Wildman–Crippen LogP) is 3.29. The van der Waals surface area contributed by atoms with Gasteiger partial charge in [0.25, 0.3) is 11.5 Å². The second-order valence-corrected chi connectivity index (χ2v) is 7.00. The number of halogens is 1. The van der Waals surface area contributed by atoms with Gasteiger partial charge >= 0.3 is 0 Å². The highest BCUT2D eigenvalue weighted by Gasteiger charge is 2.17. The van der Waals surface area contributed by atoms with Gasteiger partial charge in [0.2, 0.25) is 0 Å². The first kappa shape index (κ1) is 19.4. The lowest BCUT2D eigenvalue weighted by Crippen LogP contribution is -2.30. The fourth-order valence-corrected chi connectivity index (χ4v) is 3.35. The number of fused-ring (bicyclic) bond motifs is 1. The van der Waals surface area contributed by atoms with Crippen molar-refractivity contribution in [3.8, 4) is 0 Å². The standard InChI is InChI=1S/C23H19FN4O2/c1-14-20(22(29)27-13-18-4-2-3-9-25-18)23(30)28-19-11-16(12-26-21(14)19)10-15-5-7-17(24)8-6-15/h2-9,11-12H,10,13H2,1H3,(H,27,29)(H,28,30). The summed E-state index contributed by atoms with van der Waals surface area (Å²) in [7, 11) is 0. The summed E-state index contributed by atoms with van der Waals surface area (Å²) in [6, 6.07) is 13.5. The second kappa shape index (κ2) is 8.24. The molecule has 1 aromatic carbocycles. The number of rotatable bonds is 5. The number of carbonyl (C=O) groups excluding carboxylic acids is 1. The Morgan fingerprint density at radius 2 is 1.90 bits per heavy atom. The van der Waals surface area contributed by atoms with Crippen LogP contribution in [0.25, 0.3) is 11.0 Å². The molecule has 3 heterocycles. The molecule has 0 saturated carbocycles. The second-order valence-electron chi connectivity index (χ2n) is 7.00. The first-order chi connectivity index (χ1) is 14.5.